The van der Waals surface area contributed by atoms with Crippen LogP contribution in [0.5, 0.6) is 0 Å². The lowest BCUT2D eigenvalue weighted by Gasteiger charge is -2.38. The molecule has 0 aliphatic rings. The summed E-state index contributed by atoms with van der Waals surface area (Å²) in [6, 6.07) is 0. The van der Waals surface area contributed by atoms with Crippen molar-refractivity contribution in [2.75, 3.05) is 13.1 Å². The Morgan fingerprint density at radius 2 is 1.00 bits per heavy atom. The van der Waals surface area contributed by atoms with Crippen molar-refractivity contribution in [2.45, 2.75) is 117 Å². The van der Waals surface area contributed by atoms with Gasteiger partial charge in [-0.2, -0.15) is 0 Å². The molecule has 0 amide bonds. The predicted molar refractivity (Wildman–Crippen MR) is 98.1 cm³/mol. The van der Waals surface area contributed by atoms with Gasteiger partial charge in [0.2, 0.25) is 0 Å². The van der Waals surface area contributed by atoms with Gasteiger partial charge in [0.25, 0.3) is 0 Å². The van der Waals surface area contributed by atoms with Crippen LogP contribution in [-0.2, 0) is 0 Å². The largest absolute Gasteiger partial charge is 0.298 e. The highest BCUT2D eigenvalue weighted by Gasteiger charge is 2.24. The lowest BCUT2D eigenvalue weighted by atomic mass is 9.93. The zero-order valence-electron chi connectivity index (χ0n) is 15.8. The monoisotopic (exact) mass is 297 g/mol. The molecule has 128 valence electrons. The summed E-state index contributed by atoms with van der Waals surface area (Å²) in [6.07, 6.45) is 16.8. The van der Waals surface area contributed by atoms with Crippen molar-refractivity contribution in [3.8, 4) is 0 Å². The van der Waals surface area contributed by atoms with E-state index in [1.165, 1.54) is 90.1 Å². The minimum atomic E-state index is 0.396. The fourth-order valence-electron chi connectivity index (χ4n) is 3.28. The second-order valence-electron chi connectivity index (χ2n) is 7.38. The average Bonchev–Trinajstić information content (AvgIpc) is 2.45. The van der Waals surface area contributed by atoms with Gasteiger partial charge >= 0.3 is 0 Å². The van der Waals surface area contributed by atoms with Crippen LogP contribution >= 0.6 is 0 Å². The van der Waals surface area contributed by atoms with Gasteiger partial charge in [-0.05, 0) is 46.2 Å². The molecule has 0 unspecified atom stereocenters. The molecule has 0 bridgehead atoms. The Kier molecular flexibility index (Phi) is 13.6. The van der Waals surface area contributed by atoms with Gasteiger partial charge in [-0.25, -0.2) is 0 Å². The van der Waals surface area contributed by atoms with Crippen molar-refractivity contribution in [3.63, 3.8) is 0 Å². The van der Waals surface area contributed by atoms with Gasteiger partial charge in [-0.1, -0.05) is 78.6 Å². The van der Waals surface area contributed by atoms with E-state index in [0.717, 1.165) is 0 Å². The molecule has 0 spiro atoms. The number of hydrogen-bond donors (Lipinski definition) is 0. The van der Waals surface area contributed by atoms with Gasteiger partial charge < -0.3 is 0 Å². The van der Waals surface area contributed by atoms with E-state index in [-0.39, 0.29) is 0 Å². The maximum Gasteiger partial charge on any atom is 0.0153 e. The van der Waals surface area contributed by atoms with Crippen molar-refractivity contribution in [1.29, 1.82) is 0 Å². The molecule has 0 aliphatic carbocycles. The summed E-state index contributed by atoms with van der Waals surface area (Å²) in [5.74, 6) is 0. The third-order valence-corrected chi connectivity index (χ3v) is 4.74. The molecule has 0 fully saturated rings. The first-order chi connectivity index (χ1) is 10.1. The van der Waals surface area contributed by atoms with Crippen molar-refractivity contribution in [1.82, 2.24) is 4.90 Å². The predicted octanol–water partition coefficient (Wildman–Crippen LogP) is 6.81. The van der Waals surface area contributed by atoms with E-state index >= 15 is 0 Å². The van der Waals surface area contributed by atoms with Gasteiger partial charge in [0, 0.05) is 5.54 Å². The number of nitrogens with zero attached hydrogens (tertiary/aromatic N) is 1. The molecular formula is C20H43N. The van der Waals surface area contributed by atoms with E-state index in [1.807, 2.05) is 0 Å². The number of rotatable bonds is 15. The topological polar surface area (TPSA) is 3.24 Å². The third-order valence-electron chi connectivity index (χ3n) is 4.74. The first kappa shape index (κ1) is 21.0. The first-order valence-electron chi connectivity index (χ1n) is 9.83. The van der Waals surface area contributed by atoms with E-state index in [9.17, 15) is 0 Å². The van der Waals surface area contributed by atoms with Gasteiger partial charge in [-0.15, -0.1) is 0 Å². The van der Waals surface area contributed by atoms with Crippen LogP contribution in [0.25, 0.3) is 0 Å². The molecule has 21 heavy (non-hydrogen) atoms. The maximum absolute atomic E-state index is 2.71. The molecule has 0 N–H and O–H groups in total. The summed E-state index contributed by atoms with van der Waals surface area (Å²) >= 11 is 0. The summed E-state index contributed by atoms with van der Waals surface area (Å²) in [6.45, 7) is 14.3. The highest BCUT2D eigenvalue weighted by Crippen LogP contribution is 2.23. The van der Waals surface area contributed by atoms with E-state index in [0.29, 0.717) is 5.54 Å². The van der Waals surface area contributed by atoms with Gasteiger partial charge in [0.1, 0.15) is 0 Å². The molecule has 0 saturated carbocycles. The molecule has 0 rings (SSSR count). The van der Waals surface area contributed by atoms with E-state index in [4.69, 9.17) is 0 Å². The van der Waals surface area contributed by atoms with Crippen LogP contribution in [0.1, 0.15) is 112 Å². The second kappa shape index (κ2) is 13.6. The first-order valence-corrected chi connectivity index (χ1v) is 9.83. The molecule has 0 aromatic rings. The van der Waals surface area contributed by atoms with Crippen LogP contribution in [-0.4, -0.2) is 23.5 Å². The fraction of sp³-hybridized carbons (Fsp3) is 1.00. The Balaban J connectivity index is 3.67. The quantitative estimate of drug-likeness (QED) is 0.300. The summed E-state index contributed by atoms with van der Waals surface area (Å²) in [5.41, 5.74) is 0.396. The molecule has 1 heteroatoms. The molecule has 0 heterocycles. The highest BCUT2D eigenvalue weighted by atomic mass is 15.2. The van der Waals surface area contributed by atoms with E-state index in [1.54, 1.807) is 0 Å². The standard InChI is InChI=1S/C20H43N/c1-6-9-10-11-12-13-14-15-16-17-20(4,5)21(18-7-2)19-8-3/h6-19H2,1-5H3. The summed E-state index contributed by atoms with van der Waals surface area (Å²) in [5, 5.41) is 0. The van der Waals surface area contributed by atoms with Crippen LogP contribution in [0.15, 0.2) is 0 Å². The minimum absolute atomic E-state index is 0.396. The Bertz CT molecular complexity index is 204. The van der Waals surface area contributed by atoms with Crippen LogP contribution in [0.4, 0.5) is 0 Å². The molecule has 0 saturated heterocycles. The van der Waals surface area contributed by atoms with Crippen molar-refractivity contribution in [2.24, 2.45) is 0 Å². The molecule has 0 aromatic carbocycles. The lowest BCUT2D eigenvalue weighted by molar-refractivity contribution is 0.108. The van der Waals surface area contributed by atoms with E-state index in [2.05, 4.69) is 39.5 Å². The third kappa shape index (κ3) is 11.2. The van der Waals surface area contributed by atoms with Gasteiger partial charge in [-0.3, -0.25) is 4.90 Å². The zero-order chi connectivity index (χ0) is 16.0. The molecule has 0 radical (unpaired) electrons. The van der Waals surface area contributed by atoms with E-state index < -0.39 is 0 Å². The number of unbranched alkanes of at least 4 members (excludes halogenated alkanes) is 8. The Labute approximate surface area is 135 Å². The van der Waals surface area contributed by atoms with Crippen LogP contribution in [0.3, 0.4) is 0 Å². The second-order valence-corrected chi connectivity index (χ2v) is 7.38. The van der Waals surface area contributed by atoms with Crippen molar-refractivity contribution in [3.05, 3.63) is 0 Å². The van der Waals surface area contributed by atoms with Crippen LogP contribution in [0.2, 0.25) is 0 Å². The maximum atomic E-state index is 2.71. The summed E-state index contributed by atoms with van der Waals surface area (Å²) in [7, 11) is 0. The SMILES string of the molecule is CCCCCCCCCCCC(C)(C)N(CCC)CCC. The van der Waals surface area contributed by atoms with Crippen molar-refractivity contribution < 1.29 is 0 Å². The molecule has 1 nitrogen and oxygen atoms in total. The molecule has 0 aliphatic heterocycles. The highest BCUT2D eigenvalue weighted by molar-refractivity contribution is 4.81. The summed E-state index contributed by atoms with van der Waals surface area (Å²) < 4.78 is 0. The molecule has 0 aromatic heterocycles. The Hall–Kier alpha value is -0.0400. The van der Waals surface area contributed by atoms with Gasteiger partial charge in [0.05, 0.1) is 0 Å². The van der Waals surface area contributed by atoms with Gasteiger partial charge in [0.15, 0.2) is 0 Å². The zero-order valence-corrected chi connectivity index (χ0v) is 15.8. The Morgan fingerprint density at radius 1 is 0.571 bits per heavy atom. The molecule has 0 atom stereocenters. The van der Waals surface area contributed by atoms with Crippen molar-refractivity contribution >= 4 is 0 Å². The Morgan fingerprint density at radius 3 is 1.43 bits per heavy atom. The normalized spacial score (nSPS) is 12.3. The lowest BCUT2D eigenvalue weighted by Crippen LogP contribution is -2.44. The summed E-state index contributed by atoms with van der Waals surface area (Å²) in [4.78, 5) is 2.71. The smallest absolute Gasteiger partial charge is 0.0153 e. The average molecular weight is 298 g/mol. The number of hydrogen-bond acceptors (Lipinski definition) is 1. The van der Waals surface area contributed by atoms with Crippen LogP contribution in [0, 0.1) is 0 Å². The fourth-order valence-corrected chi connectivity index (χ4v) is 3.28. The van der Waals surface area contributed by atoms with Crippen LogP contribution < -0.4 is 0 Å². The minimum Gasteiger partial charge on any atom is -0.298 e. The molecular weight excluding hydrogens is 254 g/mol.